The maximum Gasteiger partial charge on any atom is 0.0481 e. The van der Waals surface area contributed by atoms with E-state index in [9.17, 15) is 0 Å². The SMILES string of the molecule is NC(/C=C\Cc1cccc(-c2cccc(-c3ccc4c(c3)C3(CCCCC3)c3ccccc3S4)c2)c1)c1ccccc1. The molecule has 0 amide bonds. The summed E-state index contributed by atoms with van der Waals surface area (Å²) < 4.78 is 0. The molecule has 0 aromatic heterocycles. The summed E-state index contributed by atoms with van der Waals surface area (Å²) in [6.45, 7) is 0. The second-order valence-corrected chi connectivity index (χ2v) is 12.9. The number of nitrogens with two attached hydrogens (primary N) is 1. The Labute approximate surface area is 254 Å². The van der Waals surface area contributed by atoms with Crippen LogP contribution >= 0.6 is 11.8 Å². The van der Waals surface area contributed by atoms with Crippen LogP contribution in [0.5, 0.6) is 0 Å². The van der Waals surface area contributed by atoms with Gasteiger partial charge in [-0.3, -0.25) is 0 Å². The van der Waals surface area contributed by atoms with Crippen LogP contribution in [-0.4, -0.2) is 0 Å². The third kappa shape index (κ3) is 5.26. The minimum Gasteiger partial charge on any atom is -0.321 e. The summed E-state index contributed by atoms with van der Waals surface area (Å²) in [5, 5.41) is 0. The number of hydrogen-bond donors (Lipinski definition) is 1. The van der Waals surface area contributed by atoms with Crippen molar-refractivity contribution < 1.29 is 0 Å². The highest BCUT2D eigenvalue weighted by Crippen LogP contribution is 2.55. The molecule has 42 heavy (non-hydrogen) atoms. The third-order valence-electron chi connectivity index (χ3n) is 9.16. The molecule has 0 saturated heterocycles. The quantitative estimate of drug-likeness (QED) is 0.208. The van der Waals surface area contributed by atoms with Gasteiger partial charge < -0.3 is 5.73 Å². The van der Waals surface area contributed by atoms with Gasteiger partial charge in [0.25, 0.3) is 0 Å². The average Bonchev–Trinajstić information content (AvgIpc) is 3.06. The van der Waals surface area contributed by atoms with Crippen molar-refractivity contribution in [2.24, 2.45) is 5.73 Å². The van der Waals surface area contributed by atoms with Crippen molar-refractivity contribution in [3.05, 3.63) is 156 Å². The van der Waals surface area contributed by atoms with Gasteiger partial charge in [-0.25, -0.2) is 0 Å². The van der Waals surface area contributed by atoms with E-state index in [0.717, 1.165) is 12.0 Å². The van der Waals surface area contributed by atoms with Crippen LogP contribution in [0.1, 0.15) is 60.4 Å². The molecule has 1 fully saturated rings. The molecule has 0 bridgehead atoms. The molecule has 1 aliphatic carbocycles. The first-order valence-corrected chi connectivity index (χ1v) is 16.1. The molecule has 2 aliphatic rings. The summed E-state index contributed by atoms with van der Waals surface area (Å²) >= 11 is 1.95. The van der Waals surface area contributed by atoms with E-state index in [1.165, 1.54) is 75.3 Å². The van der Waals surface area contributed by atoms with E-state index in [1.54, 1.807) is 5.56 Å². The van der Waals surface area contributed by atoms with Crippen LogP contribution in [0.3, 0.4) is 0 Å². The highest BCUT2D eigenvalue weighted by Gasteiger charge is 2.41. The fraction of sp³-hybridized carbons (Fsp3) is 0.200. The standard InChI is InChI=1S/C40H37NS/c41-37(30-14-3-1-4-15-30)20-10-13-29-12-9-16-31(26-29)32-17-11-18-33(27-32)34-22-23-39-36(28-34)40(24-7-2-8-25-40)35-19-5-6-21-38(35)42-39/h1,3-6,9-12,14-23,26-28,37H,2,7-8,13,24-25,41H2/b20-10-. The molecule has 1 aliphatic heterocycles. The van der Waals surface area contributed by atoms with Crippen molar-refractivity contribution in [3.8, 4) is 22.3 Å². The second-order valence-electron chi connectivity index (χ2n) is 11.8. The maximum atomic E-state index is 6.38. The number of hydrogen-bond acceptors (Lipinski definition) is 2. The van der Waals surface area contributed by atoms with E-state index in [4.69, 9.17) is 5.73 Å². The number of fused-ring (bicyclic) bond motifs is 4. The van der Waals surface area contributed by atoms with Crippen molar-refractivity contribution in [3.63, 3.8) is 0 Å². The van der Waals surface area contributed by atoms with E-state index < -0.39 is 0 Å². The zero-order chi connectivity index (χ0) is 28.4. The molecule has 208 valence electrons. The summed E-state index contributed by atoms with van der Waals surface area (Å²) in [6, 6.07) is 44.5. The summed E-state index contributed by atoms with van der Waals surface area (Å²) in [4.78, 5) is 2.88. The molecule has 0 radical (unpaired) electrons. The van der Waals surface area contributed by atoms with Gasteiger partial charge in [0.2, 0.25) is 0 Å². The molecule has 7 rings (SSSR count). The molecule has 2 N–H and O–H groups in total. The van der Waals surface area contributed by atoms with E-state index in [-0.39, 0.29) is 11.5 Å². The van der Waals surface area contributed by atoms with E-state index in [1.807, 2.05) is 30.0 Å². The van der Waals surface area contributed by atoms with E-state index >= 15 is 0 Å². The fourth-order valence-electron chi connectivity index (χ4n) is 6.97. The molecule has 1 unspecified atom stereocenters. The van der Waals surface area contributed by atoms with Gasteiger partial charge in [0.1, 0.15) is 0 Å². The van der Waals surface area contributed by atoms with Crippen molar-refractivity contribution in [1.82, 2.24) is 0 Å². The van der Waals surface area contributed by atoms with Crippen molar-refractivity contribution in [2.75, 3.05) is 0 Å². The van der Waals surface area contributed by atoms with Gasteiger partial charge in [-0.2, -0.15) is 0 Å². The third-order valence-corrected chi connectivity index (χ3v) is 10.3. The fourth-order valence-corrected chi connectivity index (χ4v) is 8.23. The van der Waals surface area contributed by atoms with Crippen molar-refractivity contribution >= 4 is 11.8 Å². The van der Waals surface area contributed by atoms with Crippen molar-refractivity contribution in [2.45, 2.75) is 59.8 Å². The average molecular weight is 564 g/mol. The number of rotatable bonds is 6. The first-order valence-electron chi connectivity index (χ1n) is 15.3. The Bertz CT molecular complexity index is 1730. The van der Waals surface area contributed by atoms with Crippen LogP contribution < -0.4 is 5.73 Å². The van der Waals surface area contributed by atoms with Crippen LogP contribution in [0, 0.1) is 0 Å². The minimum absolute atomic E-state index is 0.0812. The highest BCUT2D eigenvalue weighted by atomic mass is 32.2. The number of allylic oxidation sites excluding steroid dienone is 1. The highest BCUT2D eigenvalue weighted by molar-refractivity contribution is 7.99. The predicted molar refractivity (Wildman–Crippen MR) is 178 cm³/mol. The topological polar surface area (TPSA) is 26.0 Å². The summed E-state index contributed by atoms with van der Waals surface area (Å²) in [6.07, 6.45) is 11.6. The van der Waals surface area contributed by atoms with Gasteiger partial charge in [-0.05, 0) is 88.0 Å². The monoisotopic (exact) mass is 563 g/mol. The first-order chi connectivity index (χ1) is 20.7. The van der Waals surface area contributed by atoms with E-state index in [0.29, 0.717) is 0 Å². The Hall–Kier alpha value is -3.85. The molecule has 1 nitrogen and oxygen atoms in total. The predicted octanol–water partition coefficient (Wildman–Crippen LogP) is 10.5. The molecule has 1 spiro atoms. The van der Waals surface area contributed by atoms with Gasteiger partial charge in [-0.1, -0.05) is 140 Å². The zero-order valence-electron chi connectivity index (χ0n) is 24.0. The minimum atomic E-state index is -0.0812. The zero-order valence-corrected chi connectivity index (χ0v) is 24.8. The molecule has 1 heterocycles. The lowest BCUT2D eigenvalue weighted by Gasteiger charge is -2.43. The van der Waals surface area contributed by atoms with Crippen molar-refractivity contribution in [1.29, 1.82) is 0 Å². The summed E-state index contributed by atoms with van der Waals surface area (Å²) in [5.74, 6) is 0. The second kappa shape index (κ2) is 11.8. The smallest absolute Gasteiger partial charge is 0.0481 e. The summed E-state index contributed by atoms with van der Waals surface area (Å²) in [5.41, 5.74) is 17.1. The Morgan fingerprint density at radius 2 is 1.29 bits per heavy atom. The molecular formula is C40H37NS. The Kier molecular flexibility index (Phi) is 7.59. The molecule has 1 saturated carbocycles. The molecule has 5 aromatic carbocycles. The number of benzene rings is 5. The summed E-state index contributed by atoms with van der Waals surface area (Å²) in [7, 11) is 0. The van der Waals surface area contributed by atoms with Gasteiger partial charge in [0, 0.05) is 21.2 Å². The Morgan fingerprint density at radius 3 is 2.10 bits per heavy atom. The maximum absolute atomic E-state index is 6.38. The van der Waals surface area contributed by atoms with Crippen LogP contribution in [0.15, 0.2) is 143 Å². The van der Waals surface area contributed by atoms with Crippen LogP contribution in [0.25, 0.3) is 22.3 Å². The van der Waals surface area contributed by atoms with Gasteiger partial charge in [0.05, 0.1) is 0 Å². The molecule has 2 heteroatoms. The van der Waals surface area contributed by atoms with Gasteiger partial charge in [0.15, 0.2) is 0 Å². The molecular weight excluding hydrogens is 527 g/mol. The van der Waals surface area contributed by atoms with Crippen LogP contribution in [0.4, 0.5) is 0 Å². The van der Waals surface area contributed by atoms with E-state index in [2.05, 4.69) is 115 Å². The normalized spacial score (nSPS) is 16.2. The molecule has 5 aromatic rings. The Morgan fingerprint density at radius 1 is 0.619 bits per heavy atom. The van der Waals surface area contributed by atoms with Gasteiger partial charge >= 0.3 is 0 Å². The van der Waals surface area contributed by atoms with Crippen LogP contribution in [0.2, 0.25) is 0 Å². The lowest BCUT2D eigenvalue weighted by Crippen LogP contribution is -2.33. The van der Waals surface area contributed by atoms with Gasteiger partial charge in [-0.15, -0.1) is 0 Å². The lowest BCUT2D eigenvalue weighted by molar-refractivity contribution is 0.335. The Balaban J connectivity index is 1.16. The van der Waals surface area contributed by atoms with Crippen LogP contribution in [-0.2, 0) is 11.8 Å². The molecule has 1 atom stereocenters. The first kappa shape index (κ1) is 27.0. The largest absolute Gasteiger partial charge is 0.321 e. The lowest BCUT2D eigenvalue weighted by atomic mass is 9.64.